The van der Waals surface area contributed by atoms with Crippen molar-refractivity contribution in [3.05, 3.63) is 30.1 Å². The summed E-state index contributed by atoms with van der Waals surface area (Å²) in [5.41, 5.74) is 0. The van der Waals surface area contributed by atoms with Gasteiger partial charge < -0.3 is 5.32 Å². The summed E-state index contributed by atoms with van der Waals surface area (Å²) in [6.07, 6.45) is 2.42. The molecule has 0 spiro atoms. The zero-order valence-electron chi connectivity index (χ0n) is 10.9. The van der Waals surface area contributed by atoms with Gasteiger partial charge >= 0.3 is 0 Å². The van der Waals surface area contributed by atoms with Crippen molar-refractivity contribution in [3.8, 4) is 0 Å². The molecule has 96 valence electrons. The van der Waals surface area contributed by atoms with E-state index in [1.165, 1.54) is 25.0 Å². The smallest absolute Gasteiger partial charge is 0.123 e. The number of benzene rings is 1. The molecular weight excluding hydrogens is 233 g/mol. The Morgan fingerprint density at radius 3 is 2.47 bits per heavy atom. The first-order valence-electron chi connectivity index (χ1n) is 6.21. The highest BCUT2D eigenvalue weighted by Crippen LogP contribution is 2.21. The summed E-state index contributed by atoms with van der Waals surface area (Å²) < 4.78 is 12.7. The van der Waals surface area contributed by atoms with Crippen LogP contribution in [0.15, 0.2) is 29.2 Å². The normalized spacial score (nSPS) is 14.6. The van der Waals surface area contributed by atoms with E-state index in [-0.39, 0.29) is 5.82 Å². The summed E-state index contributed by atoms with van der Waals surface area (Å²) in [6, 6.07) is 7.25. The summed E-state index contributed by atoms with van der Waals surface area (Å²) in [5.74, 6) is 1.62. The van der Waals surface area contributed by atoms with Gasteiger partial charge in [0, 0.05) is 16.7 Å². The highest BCUT2D eigenvalue weighted by molar-refractivity contribution is 7.99. The van der Waals surface area contributed by atoms with Gasteiger partial charge in [0.15, 0.2) is 0 Å². The lowest BCUT2D eigenvalue weighted by Crippen LogP contribution is -2.29. The Morgan fingerprint density at radius 2 is 1.94 bits per heavy atom. The molecule has 0 aromatic heterocycles. The maximum absolute atomic E-state index is 12.7. The zero-order chi connectivity index (χ0) is 12.7. The topological polar surface area (TPSA) is 12.0 Å². The molecule has 1 N–H and O–H groups in total. The molecule has 1 rings (SSSR count). The van der Waals surface area contributed by atoms with Crippen molar-refractivity contribution in [2.75, 3.05) is 12.8 Å². The largest absolute Gasteiger partial charge is 0.316 e. The highest BCUT2D eigenvalue weighted by atomic mass is 32.2. The van der Waals surface area contributed by atoms with Crippen LogP contribution in [-0.2, 0) is 0 Å². The predicted octanol–water partition coefficient (Wildman–Crippen LogP) is 3.94. The molecule has 0 aliphatic heterocycles. The molecule has 2 unspecified atom stereocenters. The molecular formula is C14H22FNS. The van der Waals surface area contributed by atoms with Gasteiger partial charge in [0.25, 0.3) is 0 Å². The monoisotopic (exact) mass is 255 g/mol. The molecule has 1 aromatic carbocycles. The first kappa shape index (κ1) is 14.5. The van der Waals surface area contributed by atoms with Crippen molar-refractivity contribution in [1.82, 2.24) is 5.32 Å². The minimum absolute atomic E-state index is 0.167. The number of hydrogen-bond donors (Lipinski definition) is 1. The van der Waals surface area contributed by atoms with Crippen LogP contribution in [0.3, 0.4) is 0 Å². The molecule has 1 aromatic rings. The van der Waals surface area contributed by atoms with E-state index in [2.05, 4.69) is 19.2 Å². The molecule has 0 aliphatic carbocycles. The SMILES string of the molecule is CCC(C)CC(CSc1ccc(F)cc1)NC. The van der Waals surface area contributed by atoms with E-state index in [1.807, 2.05) is 19.2 Å². The third-order valence-electron chi connectivity index (χ3n) is 3.06. The lowest BCUT2D eigenvalue weighted by Gasteiger charge is -2.19. The number of rotatable bonds is 7. The molecule has 0 heterocycles. The lowest BCUT2D eigenvalue weighted by atomic mass is 10.0. The van der Waals surface area contributed by atoms with Gasteiger partial charge in [-0.05, 0) is 43.7 Å². The van der Waals surface area contributed by atoms with Gasteiger partial charge in [-0.15, -0.1) is 11.8 Å². The molecule has 17 heavy (non-hydrogen) atoms. The van der Waals surface area contributed by atoms with Gasteiger partial charge in [-0.2, -0.15) is 0 Å². The van der Waals surface area contributed by atoms with E-state index in [4.69, 9.17) is 0 Å². The summed E-state index contributed by atoms with van der Waals surface area (Å²) in [5, 5.41) is 3.35. The summed E-state index contributed by atoms with van der Waals surface area (Å²) in [4.78, 5) is 1.14. The first-order valence-corrected chi connectivity index (χ1v) is 7.19. The average Bonchev–Trinajstić information content (AvgIpc) is 2.36. The van der Waals surface area contributed by atoms with Crippen LogP contribution < -0.4 is 5.32 Å². The van der Waals surface area contributed by atoms with E-state index in [0.717, 1.165) is 16.6 Å². The molecule has 0 fully saturated rings. The maximum atomic E-state index is 12.7. The van der Waals surface area contributed by atoms with Crippen LogP contribution in [0.2, 0.25) is 0 Å². The van der Waals surface area contributed by atoms with Gasteiger partial charge in [0.2, 0.25) is 0 Å². The van der Waals surface area contributed by atoms with E-state index < -0.39 is 0 Å². The summed E-state index contributed by atoms with van der Waals surface area (Å²) in [6.45, 7) is 4.51. The quantitative estimate of drug-likeness (QED) is 0.741. The molecule has 2 atom stereocenters. The van der Waals surface area contributed by atoms with Crippen molar-refractivity contribution in [3.63, 3.8) is 0 Å². The molecule has 0 radical (unpaired) electrons. The van der Waals surface area contributed by atoms with Gasteiger partial charge in [-0.25, -0.2) is 4.39 Å². The summed E-state index contributed by atoms with van der Waals surface area (Å²) in [7, 11) is 2.01. The van der Waals surface area contributed by atoms with Crippen LogP contribution in [0.25, 0.3) is 0 Å². The fourth-order valence-corrected chi connectivity index (χ4v) is 2.67. The van der Waals surface area contributed by atoms with Crippen molar-refractivity contribution in [2.45, 2.75) is 37.6 Å². The summed E-state index contributed by atoms with van der Waals surface area (Å²) >= 11 is 1.79. The maximum Gasteiger partial charge on any atom is 0.123 e. The Bertz CT molecular complexity index is 313. The van der Waals surface area contributed by atoms with Crippen molar-refractivity contribution in [2.24, 2.45) is 5.92 Å². The highest BCUT2D eigenvalue weighted by Gasteiger charge is 2.10. The van der Waals surface area contributed by atoms with Crippen LogP contribution in [0.5, 0.6) is 0 Å². The zero-order valence-corrected chi connectivity index (χ0v) is 11.7. The van der Waals surface area contributed by atoms with Crippen LogP contribution in [0.1, 0.15) is 26.7 Å². The molecule has 3 heteroatoms. The number of nitrogens with one attached hydrogen (secondary N) is 1. The van der Waals surface area contributed by atoms with Gasteiger partial charge in [0.05, 0.1) is 0 Å². The Morgan fingerprint density at radius 1 is 1.29 bits per heavy atom. The molecule has 0 aliphatic rings. The van der Waals surface area contributed by atoms with Gasteiger partial charge in [-0.1, -0.05) is 20.3 Å². The molecule has 0 saturated carbocycles. The second kappa shape index (κ2) is 7.72. The van der Waals surface area contributed by atoms with Gasteiger partial charge in [-0.3, -0.25) is 0 Å². The molecule has 0 saturated heterocycles. The number of hydrogen-bond acceptors (Lipinski definition) is 2. The molecule has 0 bridgehead atoms. The Balaban J connectivity index is 2.39. The average molecular weight is 255 g/mol. The predicted molar refractivity (Wildman–Crippen MR) is 74.0 cm³/mol. The number of thioether (sulfide) groups is 1. The second-order valence-electron chi connectivity index (χ2n) is 4.50. The van der Waals surface area contributed by atoms with Crippen LogP contribution in [0.4, 0.5) is 4.39 Å². The van der Waals surface area contributed by atoms with Crippen molar-refractivity contribution >= 4 is 11.8 Å². The van der Waals surface area contributed by atoms with Crippen molar-refractivity contribution < 1.29 is 4.39 Å². The van der Waals surface area contributed by atoms with Gasteiger partial charge in [0.1, 0.15) is 5.82 Å². The van der Waals surface area contributed by atoms with E-state index >= 15 is 0 Å². The van der Waals surface area contributed by atoms with Crippen LogP contribution in [-0.4, -0.2) is 18.8 Å². The Hall–Kier alpha value is -0.540. The Kier molecular flexibility index (Phi) is 6.60. The van der Waals surface area contributed by atoms with E-state index in [1.54, 1.807) is 11.8 Å². The third-order valence-corrected chi connectivity index (χ3v) is 4.23. The van der Waals surface area contributed by atoms with E-state index in [0.29, 0.717) is 6.04 Å². The third kappa shape index (κ3) is 5.55. The minimum Gasteiger partial charge on any atom is -0.316 e. The fourth-order valence-electron chi connectivity index (χ4n) is 1.65. The molecule has 1 nitrogen and oxygen atoms in total. The van der Waals surface area contributed by atoms with Crippen molar-refractivity contribution in [1.29, 1.82) is 0 Å². The second-order valence-corrected chi connectivity index (χ2v) is 5.59. The van der Waals surface area contributed by atoms with Crippen LogP contribution >= 0.6 is 11.8 Å². The fraction of sp³-hybridized carbons (Fsp3) is 0.571. The Labute approximate surface area is 108 Å². The number of halogens is 1. The lowest BCUT2D eigenvalue weighted by molar-refractivity contribution is 0.436. The molecule has 0 amide bonds. The first-order chi connectivity index (χ1) is 8.15. The van der Waals surface area contributed by atoms with Crippen LogP contribution in [0, 0.1) is 11.7 Å². The van der Waals surface area contributed by atoms with E-state index in [9.17, 15) is 4.39 Å². The standard InChI is InChI=1S/C14H22FNS/c1-4-11(2)9-13(16-3)10-17-14-7-5-12(15)6-8-14/h5-8,11,13,16H,4,9-10H2,1-3H3. The minimum atomic E-state index is -0.167.